The molecule has 0 spiro atoms. The Morgan fingerprint density at radius 3 is 2.53 bits per heavy atom. The van der Waals surface area contributed by atoms with Gasteiger partial charge in [0.25, 0.3) is 0 Å². The van der Waals surface area contributed by atoms with E-state index in [0.717, 1.165) is 6.42 Å². The average Bonchev–Trinajstić information content (AvgIpc) is 2.39. The largest absolute Gasteiger partial charge is 0.493 e. The summed E-state index contributed by atoms with van der Waals surface area (Å²) in [5.41, 5.74) is 6.85. The van der Waals surface area contributed by atoms with Crippen molar-refractivity contribution in [2.24, 2.45) is 0 Å². The van der Waals surface area contributed by atoms with Gasteiger partial charge in [-0.2, -0.15) is 0 Å². The maximum Gasteiger partial charge on any atom is 0.163 e. The first-order valence-corrected chi connectivity index (χ1v) is 7.18. The zero-order valence-electron chi connectivity index (χ0n) is 12.1. The minimum absolute atomic E-state index is 0.00903. The SMILES string of the molecule is CCCCCCCCOc1ccc(N)cc1C(C)=O. The number of nitrogens with two attached hydrogens (primary N) is 1. The molecule has 19 heavy (non-hydrogen) atoms. The number of hydrogen-bond donors (Lipinski definition) is 1. The number of nitrogen functional groups attached to an aromatic ring is 1. The van der Waals surface area contributed by atoms with Crippen LogP contribution in [0.15, 0.2) is 18.2 Å². The molecule has 1 rings (SSSR count). The topological polar surface area (TPSA) is 52.3 Å². The normalized spacial score (nSPS) is 10.4. The molecule has 0 aliphatic rings. The number of benzene rings is 1. The Hall–Kier alpha value is -1.51. The molecule has 3 nitrogen and oxygen atoms in total. The van der Waals surface area contributed by atoms with Crippen molar-refractivity contribution >= 4 is 11.5 Å². The number of anilines is 1. The van der Waals surface area contributed by atoms with Crippen molar-refractivity contribution in [3.8, 4) is 5.75 Å². The molecule has 0 atom stereocenters. The van der Waals surface area contributed by atoms with Crippen molar-refractivity contribution in [1.29, 1.82) is 0 Å². The van der Waals surface area contributed by atoms with Crippen molar-refractivity contribution in [2.45, 2.75) is 52.4 Å². The Labute approximate surface area is 116 Å². The molecule has 106 valence electrons. The second-order valence-corrected chi connectivity index (χ2v) is 4.93. The predicted octanol–water partition coefficient (Wildman–Crippen LogP) is 4.21. The summed E-state index contributed by atoms with van der Waals surface area (Å²) < 4.78 is 5.68. The van der Waals surface area contributed by atoms with E-state index in [1.54, 1.807) is 18.2 Å². The minimum atomic E-state index is -0.00903. The molecular weight excluding hydrogens is 238 g/mol. The summed E-state index contributed by atoms with van der Waals surface area (Å²) >= 11 is 0. The van der Waals surface area contributed by atoms with Gasteiger partial charge in [-0.1, -0.05) is 39.0 Å². The van der Waals surface area contributed by atoms with Crippen LogP contribution in [0.2, 0.25) is 0 Å². The lowest BCUT2D eigenvalue weighted by Crippen LogP contribution is -2.04. The quantitative estimate of drug-likeness (QED) is 0.412. The van der Waals surface area contributed by atoms with Crippen molar-refractivity contribution in [2.75, 3.05) is 12.3 Å². The van der Waals surface area contributed by atoms with Crippen LogP contribution in [0.4, 0.5) is 5.69 Å². The highest BCUT2D eigenvalue weighted by Gasteiger charge is 2.08. The van der Waals surface area contributed by atoms with Crippen LogP contribution >= 0.6 is 0 Å². The summed E-state index contributed by atoms with van der Waals surface area (Å²) in [5, 5.41) is 0. The number of Topliss-reactive ketones (excluding diaryl/α,β-unsaturated/α-hetero) is 1. The van der Waals surface area contributed by atoms with Gasteiger partial charge in [0.1, 0.15) is 5.75 Å². The fourth-order valence-corrected chi connectivity index (χ4v) is 2.01. The lowest BCUT2D eigenvalue weighted by molar-refractivity contribution is 0.101. The van der Waals surface area contributed by atoms with Gasteiger partial charge < -0.3 is 10.5 Å². The van der Waals surface area contributed by atoms with Crippen LogP contribution < -0.4 is 10.5 Å². The first kappa shape index (κ1) is 15.5. The molecule has 0 bridgehead atoms. The molecule has 0 aromatic heterocycles. The van der Waals surface area contributed by atoms with Crippen LogP contribution in [-0.2, 0) is 0 Å². The number of ether oxygens (including phenoxy) is 1. The Kier molecular flexibility index (Phi) is 7.01. The number of carbonyl (C=O) groups is 1. The summed E-state index contributed by atoms with van der Waals surface area (Å²) in [6.07, 6.45) is 7.36. The molecule has 0 radical (unpaired) electrons. The lowest BCUT2D eigenvalue weighted by Gasteiger charge is -2.10. The van der Waals surface area contributed by atoms with Gasteiger partial charge in [-0.05, 0) is 31.5 Å². The van der Waals surface area contributed by atoms with Gasteiger partial charge in [0.2, 0.25) is 0 Å². The van der Waals surface area contributed by atoms with Gasteiger partial charge in [-0.3, -0.25) is 4.79 Å². The van der Waals surface area contributed by atoms with Gasteiger partial charge >= 0.3 is 0 Å². The average molecular weight is 263 g/mol. The van der Waals surface area contributed by atoms with Gasteiger partial charge in [-0.25, -0.2) is 0 Å². The molecule has 0 saturated heterocycles. The Morgan fingerprint density at radius 1 is 1.16 bits per heavy atom. The van der Waals surface area contributed by atoms with Gasteiger partial charge in [0.15, 0.2) is 5.78 Å². The number of rotatable bonds is 9. The van der Waals surface area contributed by atoms with E-state index < -0.39 is 0 Å². The van der Waals surface area contributed by atoms with E-state index >= 15 is 0 Å². The van der Waals surface area contributed by atoms with Gasteiger partial charge in [-0.15, -0.1) is 0 Å². The Balaban J connectivity index is 2.35. The minimum Gasteiger partial charge on any atom is -0.493 e. The highest BCUT2D eigenvalue weighted by Crippen LogP contribution is 2.22. The predicted molar refractivity (Wildman–Crippen MR) is 79.7 cm³/mol. The van der Waals surface area contributed by atoms with Crippen LogP contribution in [0.1, 0.15) is 62.7 Å². The highest BCUT2D eigenvalue weighted by molar-refractivity contribution is 5.97. The fraction of sp³-hybridized carbons (Fsp3) is 0.562. The summed E-state index contributed by atoms with van der Waals surface area (Å²) in [5.74, 6) is 0.639. The number of unbranched alkanes of at least 4 members (excludes halogenated alkanes) is 5. The Bertz CT molecular complexity index is 402. The molecule has 0 aliphatic carbocycles. The third-order valence-corrected chi connectivity index (χ3v) is 3.14. The number of carbonyl (C=O) groups excluding carboxylic acids is 1. The monoisotopic (exact) mass is 263 g/mol. The molecule has 0 saturated carbocycles. The van der Waals surface area contributed by atoms with Crippen LogP contribution in [0.3, 0.4) is 0 Å². The standard InChI is InChI=1S/C16H25NO2/c1-3-4-5-6-7-8-11-19-16-10-9-14(17)12-15(16)13(2)18/h9-10,12H,3-8,11,17H2,1-2H3. The zero-order chi connectivity index (χ0) is 14.1. The van der Waals surface area contributed by atoms with Gasteiger partial charge in [0, 0.05) is 5.69 Å². The van der Waals surface area contributed by atoms with Crippen molar-refractivity contribution in [3.05, 3.63) is 23.8 Å². The lowest BCUT2D eigenvalue weighted by atomic mass is 10.1. The molecular formula is C16H25NO2. The van der Waals surface area contributed by atoms with Crippen molar-refractivity contribution < 1.29 is 9.53 Å². The molecule has 3 heteroatoms. The zero-order valence-corrected chi connectivity index (χ0v) is 12.1. The second-order valence-electron chi connectivity index (χ2n) is 4.93. The smallest absolute Gasteiger partial charge is 0.163 e. The molecule has 0 heterocycles. The highest BCUT2D eigenvalue weighted by atomic mass is 16.5. The van der Waals surface area contributed by atoms with Crippen LogP contribution in [0.25, 0.3) is 0 Å². The molecule has 0 unspecified atom stereocenters. The first-order valence-electron chi connectivity index (χ1n) is 7.18. The van der Waals surface area contributed by atoms with Crippen LogP contribution in [0, 0.1) is 0 Å². The van der Waals surface area contributed by atoms with Crippen molar-refractivity contribution in [1.82, 2.24) is 0 Å². The maximum absolute atomic E-state index is 11.5. The molecule has 0 aliphatic heterocycles. The van der Waals surface area contributed by atoms with Crippen LogP contribution in [-0.4, -0.2) is 12.4 Å². The van der Waals surface area contributed by atoms with E-state index in [1.807, 2.05) is 0 Å². The molecule has 0 fully saturated rings. The van der Waals surface area contributed by atoms with E-state index in [2.05, 4.69) is 6.92 Å². The fourth-order valence-electron chi connectivity index (χ4n) is 2.01. The maximum atomic E-state index is 11.5. The second kappa shape index (κ2) is 8.57. The Morgan fingerprint density at radius 2 is 1.84 bits per heavy atom. The summed E-state index contributed by atoms with van der Waals surface area (Å²) in [6.45, 7) is 4.41. The van der Waals surface area contributed by atoms with E-state index in [0.29, 0.717) is 23.6 Å². The molecule has 2 N–H and O–H groups in total. The molecule has 1 aromatic rings. The van der Waals surface area contributed by atoms with E-state index in [-0.39, 0.29) is 5.78 Å². The van der Waals surface area contributed by atoms with Crippen LogP contribution in [0.5, 0.6) is 5.75 Å². The van der Waals surface area contributed by atoms with E-state index in [1.165, 1.54) is 39.0 Å². The molecule has 1 aromatic carbocycles. The van der Waals surface area contributed by atoms with Gasteiger partial charge in [0.05, 0.1) is 12.2 Å². The van der Waals surface area contributed by atoms with E-state index in [9.17, 15) is 4.79 Å². The molecule has 0 amide bonds. The third-order valence-electron chi connectivity index (χ3n) is 3.14. The van der Waals surface area contributed by atoms with Crippen molar-refractivity contribution in [3.63, 3.8) is 0 Å². The summed E-state index contributed by atoms with van der Waals surface area (Å²) in [4.78, 5) is 11.5. The summed E-state index contributed by atoms with van der Waals surface area (Å²) in [7, 11) is 0. The number of hydrogen-bond acceptors (Lipinski definition) is 3. The summed E-state index contributed by atoms with van der Waals surface area (Å²) in [6, 6.07) is 5.23. The third kappa shape index (κ3) is 5.77. The number of ketones is 1. The van der Waals surface area contributed by atoms with E-state index in [4.69, 9.17) is 10.5 Å². The first-order chi connectivity index (χ1) is 9.15.